The zero-order chi connectivity index (χ0) is 29.7. The Balaban J connectivity index is 1.49. The first-order valence-corrected chi connectivity index (χ1v) is 14.6. The maximum absolute atomic E-state index is 14.1. The summed E-state index contributed by atoms with van der Waals surface area (Å²) in [4.78, 5) is 34.6. The molecule has 0 radical (unpaired) electrons. The predicted molar refractivity (Wildman–Crippen MR) is 163 cm³/mol. The number of carbonyl (C=O) groups excluding carboxylic acids is 1. The molecule has 4 aromatic rings. The number of rotatable bonds is 6. The monoisotopic (exact) mass is 584 g/mol. The van der Waals surface area contributed by atoms with Gasteiger partial charge in [0.2, 0.25) is 6.79 Å². The Hall–Kier alpha value is -4.57. The van der Waals surface area contributed by atoms with Gasteiger partial charge in [-0.3, -0.25) is 9.36 Å². The van der Waals surface area contributed by atoms with Crippen LogP contribution in [-0.2, 0) is 9.53 Å². The number of esters is 1. The summed E-state index contributed by atoms with van der Waals surface area (Å²) in [7, 11) is 4.03. The molecule has 2 aliphatic heterocycles. The van der Waals surface area contributed by atoms with Crippen LogP contribution in [0.1, 0.15) is 42.4 Å². The minimum absolute atomic E-state index is 0.124. The van der Waals surface area contributed by atoms with Crippen molar-refractivity contribution in [3.05, 3.63) is 102 Å². The lowest BCUT2D eigenvalue weighted by Crippen LogP contribution is -2.39. The van der Waals surface area contributed by atoms with Gasteiger partial charge in [0.05, 0.1) is 28.5 Å². The Morgan fingerprint density at radius 2 is 1.83 bits per heavy atom. The lowest BCUT2D eigenvalue weighted by molar-refractivity contribution is -0.139. The molecule has 9 nitrogen and oxygen atoms in total. The summed E-state index contributed by atoms with van der Waals surface area (Å²) in [5.41, 5.74) is 6.52. The average molecular weight is 585 g/mol. The van der Waals surface area contributed by atoms with Crippen LogP contribution >= 0.6 is 11.3 Å². The zero-order valence-electron chi connectivity index (χ0n) is 24.4. The number of thiazole rings is 1. The third-order valence-electron chi connectivity index (χ3n) is 7.61. The SMILES string of the molecule is CCOC(=O)C1=C(C)N=c2s/c(=C/c3cc(C)n(-c4ccc(N(C)C)cc4)c3C)c(=O)n2[C@H]1c1ccc2c(c1)OCO2. The highest BCUT2D eigenvalue weighted by Crippen LogP contribution is 2.38. The minimum atomic E-state index is -0.723. The molecule has 6 rings (SSSR count). The standard InChI is InChI=1S/C32H32N4O5S/c1-7-39-31(38)28-19(3)33-32-36(29(28)21-8-13-25-26(15-21)41-17-40-25)30(37)27(42-32)16-22-14-18(2)35(20(22)4)24-11-9-23(10-12-24)34(5)6/h8-16,29H,7,17H2,1-6H3/b27-16+/t29-/m0/s1. The van der Waals surface area contributed by atoms with Gasteiger partial charge in [-0.05, 0) is 87.4 Å². The van der Waals surface area contributed by atoms with Crippen molar-refractivity contribution in [1.29, 1.82) is 0 Å². The van der Waals surface area contributed by atoms with Crippen LogP contribution in [0, 0.1) is 13.8 Å². The molecular weight excluding hydrogens is 552 g/mol. The van der Waals surface area contributed by atoms with E-state index < -0.39 is 12.0 Å². The summed E-state index contributed by atoms with van der Waals surface area (Å²) in [5.74, 6) is 0.689. The fourth-order valence-electron chi connectivity index (χ4n) is 5.56. The maximum Gasteiger partial charge on any atom is 0.338 e. The molecule has 0 aliphatic carbocycles. The summed E-state index contributed by atoms with van der Waals surface area (Å²) in [6.07, 6.45) is 1.91. The molecule has 2 aromatic heterocycles. The number of carbonyl (C=O) groups is 1. The number of fused-ring (bicyclic) bond motifs is 2. The first-order chi connectivity index (χ1) is 20.2. The lowest BCUT2D eigenvalue weighted by atomic mass is 9.95. The van der Waals surface area contributed by atoms with Gasteiger partial charge < -0.3 is 23.7 Å². The predicted octanol–water partition coefficient (Wildman–Crippen LogP) is 4.00. The van der Waals surface area contributed by atoms with Gasteiger partial charge >= 0.3 is 5.97 Å². The fourth-order valence-corrected chi connectivity index (χ4v) is 6.60. The highest BCUT2D eigenvalue weighted by molar-refractivity contribution is 7.07. The number of ether oxygens (including phenoxy) is 3. The zero-order valence-corrected chi connectivity index (χ0v) is 25.2. The molecule has 0 unspecified atom stereocenters. The van der Waals surface area contributed by atoms with Crippen molar-refractivity contribution in [2.24, 2.45) is 4.99 Å². The first kappa shape index (κ1) is 27.6. The highest BCUT2D eigenvalue weighted by atomic mass is 32.1. The van der Waals surface area contributed by atoms with Gasteiger partial charge in [-0.15, -0.1) is 0 Å². The van der Waals surface area contributed by atoms with Crippen molar-refractivity contribution < 1.29 is 19.0 Å². The normalized spacial score (nSPS) is 16.0. The average Bonchev–Trinajstić information content (AvgIpc) is 3.63. The van der Waals surface area contributed by atoms with Gasteiger partial charge in [0, 0.05) is 36.9 Å². The van der Waals surface area contributed by atoms with E-state index >= 15 is 0 Å². The second-order valence-corrected chi connectivity index (χ2v) is 11.5. The van der Waals surface area contributed by atoms with Crippen molar-refractivity contribution in [2.45, 2.75) is 33.7 Å². The van der Waals surface area contributed by atoms with Gasteiger partial charge in [0.15, 0.2) is 16.3 Å². The lowest BCUT2D eigenvalue weighted by Gasteiger charge is -2.24. The number of allylic oxidation sites excluding steroid dienone is 1. The van der Waals surface area contributed by atoms with Gasteiger partial charge in [-0.1, -0.05) is 17.4 Å². The molecule has 0 saturated carbocycles. The third kappa shape index (κ3) is 4.61. The number of anilines is 1. The Labute approximate surface area is 247 Å². The summed E-state index contributed by atoms with van der Waals surface area (Å²) >= 11 is 1.31. The van der Waals surface area contributed by atoms with Gasteiger partial charge in [0.25, 0.3) is 5.56 Å². The number of hydrogen-bond donors (Lipinski definition) is 0. The van der Waals surface area contributed by atoms with Crippen LogP contribution in [0.4, 0.5) is 5.69 Å². The fraction of sp³-hybridized carbons (Fsp3) is 0.281. The minimum Gasteiger partial charge on any atom is -0.463 e. The Morgan fingerprint density at radius 3 is 2.55 bits per heavy atom. The molecule has 0 fully saturated rings. The van der Waals surface area contributed by atoms with E-state index in [1.165, 1.54) is 11.3 Å². The van der Waals surface area contributed by atoms with Crippen LogP contribution < -0.4 is 29.3 Å². The van der Waals surface area contributed by atoms with Crippen molar-refractivity contribution in [1.82, 2.24) is 9.13 Å². The van der Waals surface area contributed by atoms with Crippen molar-refractivity contribution in [2.75, 3.05) is 32.4 Å². The quantitative estimate of drug-likeness (QED) is 0.319. The number of aryl methyl sites for hydroxylation is 1. The molecule has 216 valence electrons. The Morgan fingerprint density at radius 1 is 1.10 bits per heavy atom. The van der Waals surface area contributed by atoms with E-state index in [9.17, 15) is 9.59 Å². The van der Waals surface area contributed by atoms with Crippen LogP contribution in [0.15, 0.2) is 69.6 Å². The molecular formula is C32H32N4O5S. The Kier molecular flexibility index (Phi) is 7.02. The van der Waals surface area contributed by atoms with Crippen molar-refractivity contribution in [3.63, 3.8) is 0 Å². The molecule has 2 aliphatic rings. The van der Waals surface area contributed by atoms with E-state index in [0.29, 0.717) is 37.7 Å². The van der Waals surface area contributed by atoms with E-state index in [-0.39, 0.29) is 19.0 Å². The van der Waals surface area contributed by atoms with Crippen LogP contribution in [-0.4, -0.2) is 42.6 Å². The van der Waals surface area contributed by atoms with E-state index in [2.05, 4.69) is 46.7 Å². The number of aromatic nitrogens is 2. The molecule has 0 N–H and O–H groups in total. The van der Waals surface area contributed by atoms with Crippen LogP contribution in [0.2, 0.25) is 0 Å². The molecule has 1 atom stereocenters. The molecule has 2 aromatic carbocycles. The number of benzene rings is 2. The second-order valence-electron chi connectivity index (χ2n) is 10.5. The van der Waals surface area contributed by atoms with Gasteiger partial charge in [-0.2, -0.15) is 0 Å². The van der Waals surface area contributed by atoms with Gasteiger partial charge in [-0.25, -0.2) is 9.79 Å². The smallest absolute Gasteiger partial charge is 0.338 e. The summed E-state index contributed by atoms with van der Waals surface area (Å²) in [6.45, 7) is 7.97. The molecule has 10 heteroatoms. The number of hydrogen-bond acceptors (Lipinski definition) is 8. The molecule has 0 saturated heterocycles. The topological polar surface area (TPSA) is 87.3 Å². The second kappa shape index (κ2) is 10.7. The summed E-state index contributed by atoms with van der Waals surface area (Å²) in [5, 5.41) is 0. The first-order valence-electron chi connectivity index (χ1n) is 13.7. The maximum atomic E-state index is 14.1. The summed E-state index contributed by atoms with van der Waals surface area (Å²) in [6, 6.07) is 15.2. The van der Waals surface area contributed by atoms with Crippen molar-refractivity contribution in [3.8, 4) is 17.2 Å². The molecule has 0 amide bonds. The third-order valence-corrected chi connectivity index (χ3v) is 8.59. The highest BCUT2D eigenvalue weighted by Gasteiger charge is 2.34. The molecule has 42 heavy (non-hydrogen) atoms. The largest absolute Gasteiger partial charge is 0.463 e. The van der Waals surface area contributed by atoms with E-state index in [1.54, 1.807) is 24.5 Å². The van der Waals surface area contributed by atoms with Crippen LogP contribution in [0.25, 0.3) is 11.8 Å². The molecule has 4 heterocycles. The molecule has 0 bridgehead atoms. The van der Waals surface area contributed by atoms with Crippen LogP contribution in [0.3, 0.4) is 0 Å². The van der Waals surface area contributed by atoms with Crippen LogP contribution in [0.5, 0.6) is 11.5 Å². The van der Waals surface area contributed by atoms with E-state index in [0.717, 1.165) is 28.3 Å². The molecule has 0 spiro atoms. The Bertz CT molecular complexity index is 1930. The van der Waals surface area contributed by atoms with E-state index in [4.69, 9.17) is 19.2 Å². The van der Waals surface area contributed by atoms with Crippen molar-refractivity contribution >= 4 is 29.1 Å². The number of nitrogens with zero attached hydrogens (tertiary/aromatic N) is 4. The van der Waals surface area contributed by atoms with E-state index in [1.807, 2.05) is 39.2 Å². The summed E-state index contributed by atoms with van der Waals surface area (Å²) < 4.78 is 20.8. The van der Waals surface area contributed by atoms with Gasteiger partial charge in [0.1, 0.15) is 0 Å².